The fourth-order valence-corrected chi connectivity index (χ4v) is 2.61. The SMILES string of the molecule is CCC(C)C(NC(=O)c1cc(C)nc2c1cnn2C(C)C)C(=O)O. The standard InChI is InChI=1S/C17H24N4O3/c1-6-10(4)14(17(23)24)20-16(22)12-7-11(5)19-15-13(12)8-18-21(15)9(2)3/h7-10,14H,6H2,1-5H3,(H,20,22)(H,23,24). The molecule has 0 saturated heterocycles. The number of aliphatic carboxylic acids is 1. The number of hydrogen-bond donors (Lipinski definition) is 2. The number of nitrogens with zero attached hydrogens (tertiary/aromatic N) is 3. The highest BCUT2D eigenvalue weighted by Gasteiger charge is 2.27. The lowest BCUT2D eigenvalue weighted by atomic mass is 9.98. The van der Waals surface area contributed by atoms with Gasteiger partial charge in [0.1, 0.15) is 6.04 Å². The van der Waals surface area contributed by atoms with Crippen molar-refractivity contribution in [3.05, 3.63) is 23.5 Å². The van der Waals surface area contributed by atoms with Crippen LogP contribution >= 0.6 is 0 Å². The summed E-state index contributed by atoms with van der Waals surface area (Å²) >= 11 is 0. The number of fused-ring (bicyclic) bond motifs is 1. The van der Waals surface area contributed by atoms with Gasteiger partial charge in [0.05, 0.1) is 17.1 Å². The van der Waals surface area contributed by atoms with Gasteiger partial charge in [-0.2, -0.15) is 5.10 Å². The van der Waals surface area contributed by atoms with Crippen molar-refractivity contribution >= 4 is 22.9 Å². The molecule has 2 aromatic heterocycles. The maximum Gasteiger partial charge on any atom is 0.326 e. The number of carboxylic acids is 1. The van der Waals surface area contributed by atoms with Crippen molar-refractivity contribution in [2.45, 2.75) is 53.1 Å². The van der Waals surface area contributed by atoms with E-state index in [0.717, 1.165) is 0 Å². The van der Waals surface area contributed by atoms with E-state index in [-0.39, 0.29) is 12.0 Å². The molecule has 0 bridgehead atoms. The Kier molecular flexibility index (Phi) is 5.21. The molecule has 0 aliphatic heterocycles. The van der Waals surface area contributed by atoms with Crippen LogP contribution in [0.2, 0.25) is 0 Å². The summed E-state index contributed by atoms with van der Waals surface area (Å²) in [5.41, 5.74) is 1.72. The lowest BCUT2D eigenvalue weighted by Crippen LogP contribution is -2.45. The maximum atomic E-state index is 12.7. The van der Waals surface area contributed by atoms with E-state index in [2.05, 4.69) is 15.4 Å². The van der Waals surface area contributed by atoms with Crippen LogP contribution in [-0.2, 0) is 4.79 Å². The quantitative estimate of drug-likeness (QED) is 0.847. The molecule has 2 aromatic rings. The zero-order chi connectivity index (χ0) is 18.0. The molecule has 2 unspecified atom stereocenters. The van der Waals surface area contributed by atoms with Crippen molar-refractivity contribution < 1.29 is 14.7 Å². The van der Waals surface area contributed by atoms with Gasteiger partial charge in [-0.3, -0.25) is 4.79 Å². The summed E-state index contributed by atoms with van der Waals surface area (Å²) in [6, 6.07) is 0.852. The van der Waals surface area contributed by atoms with E-state index >= 15 is 0 Å². The van der Waals surface area contributed by atoms with Gasteiger partial charge < -0.3 is 10.4 Å². The van der Waals surface area contributed by atoms with E-state index in [1.807, 2.05) is 27.7 Å². The number of carboxylic acid groups (broad SMARTS) is 1. The van der Waals surface area contributed by atoms with Crippen LogP contribution < -0.4 is 5.32 Å². The van der Waals surface area contributed by atoms with Crippen molar-refractivity contribution in [2.75, 3.05) is 0 Å². The van der Waals surface area contributed by atoms with Gasteiger partial charge in [-0.05, 0) is 32.8 Å². The van der Waals surface area contributed by atoms with Crippen LogP contribution in [0.25, 0.3) is 11.0 Å². The first-order valence-corrected chi connectivity index (χ1v) is 8.14. The molecule has 0 spiro atoms. The summed E-state index contributed by atoms with van der Waals surface area (Å²) < 4.78 is 1.75. The molecule has 0 aliphatic rings. The highest BCUT2D eigenvalue weighted by Crippen LogP contribution is 2.21. The average Bonchev–Trinajstić information content (AvgIpc) is 2.94. The summed E-state index contributed by atoms with van der Waals surface area (Å²) in [7, 11) is 0. The first-order chi connectivity index (χ1) is 11.3. The summed E-state index contributed by atoms with van der Waals surface area (Å²) in [5, 5.41) is 16.9. The third kappa shape index (κ3) is 3.39. The Morgan fingerprint density at radius 2 is 2.00 bits per heavy atom. The second kappa shape index (κ2) is 6.98. The summed E-state index contributed by atoms with van der Waals surface area (Å²) in [6.45, 7) is 9.48. The minimum Gasteiger partial charge on any atom is -0.480 e. The zero-order valence-corrected chi connectivity index (χ0v) is 14.7. The molecule has 2 atom stereocenters. The van der Waals surface area contributed by atoms with Crippen LogP contribution in [-0.4, -0.2) is 37.8 Å². The van der Waals surface area contributed by atoms with Crippen molar-refractivity contribution in [3.63, 3.8) is 0 Å². The van der Waals surface area contributed by atoms with Crippen molar-refractivity contribution in [2.24, 2.45) is 5.92 Å². The first-order valence-electron chi connectivity index (χ1n) is 8.14. The van der Waals surface area contributed by atoms with E-state index in [4.69, 9.17) is 0 Å². The fraction of sp³-hybridized carbons (Fsp3) is 0.529. The van der Waals surface area contributed by atoms with Gasteiger partial charge >= 0.3 is 5.97 Å². The molecule has 24 heavy (non-hydrogen) atoms. The molecule has 0 aliphatic carbocycles. The van der Waals surface area contributed by atoms with E-state index in [0.29, 0.717) is 28.7 Å². The minimum absolute atomic E-state index is 0.111. The van der Waals surface area contributed by atoms with Crippen LogP contribution in [0.4, 0.5) is 0 Å². The summed E-state index contributed by atoms with van der Waals surface area (Å²) in [6.07, 6.45) is 2.27. The maximum absolute atomic E-state index is 12.7. The van der Waals surface area contributed by atoms with Gasteiger partial charge in [0.15, 0.2) is 5.65 Å². The van der Waals surface area contributed by atoms with Crippen LogP contribution in [0.15, 0.2) is 12.3 Å². The number of carbonyl (C=O) groups excluding carboxylic acids is 1. The second-order valence-corrected chi connectivity index (χ2v) is 6.41. The largest absolute Gasteiger partial charge is 0.480 e. The zero-order valence-electron chi connectivity index (χ0n) is 14.7. The molecule has 7 heteroatoms. The van der Waals surface area contributed by atoms with Crippen LogP contribution in [0.1, 0.15) is 56.2 Å². The number of aryl methyl sites for hydroxylation is 1. The van der Waals surface area contributed by atoms with E-state index in [9.17, 15) is 14.7 Å². The Labute approximate surface area is 141 Å². The number of amides is 1. The molecular weight excluding hydrogens is 308 g/mol. The number of pyridine rings is 1. The lowest BCUT2D eigenvalue weighted by molar-refractivity contribution is -0.140. The van der Waals surface area contributed by atoms with Crippen LogP contribution in [0.5, 0.6) is 0 Å². The molecule has 130 valence electrons. The van der Waals surface area contributed by atoms with Gasteiger partial charge in [0.25, 0.3) is 5.91 Å². The highest BCUT2D eigenvalue weighted by atomic mass is 16.4. The summed E-state index contributed by atoms with van der Waals surface area (Å²) in [4.78, 5) is 28.6. The number of hydrogen-bond acceptors (Lipinski definition) is 4. The van der Waals surface area contributed by atoms with Crippen molar-refractivity contribution in [3.8, 4) is 0 Å². The van der Waals surface area contributed by atoms with E-state index < -0.39 is 17.9 Å². The van der Waals surface area contributed by atoms with Crippen molar-refractivity contribution in [1.29, 1.82) is 0 Å². The monoisotopic (exact) mass is 332 g/mol. The first kappa shape index (κ1) is 17.9. The Morgan fingerprint density at radius 3 is 2.54 bits per heavy atom. The van der Waals surface area contributed by atoms with E-state index in [1.54, 1.807) is 23.9 Å². The van der Waals surface area contributed by atoms with E-state index in [1.165, 1.54) is 0 Å². The molecule has 2 rings (SSSR count). The Morgan fingerprint density at radius 1 is 1.33 bits per heavy atom. The predicted molar refractivity (Wildman–Crippen MR) is 91.0 cm³/mol. The molecular formula is C17H24N4O3. The topological polar surface area (TPSA) is 97.1 Å². The number of rotatable bonds is 6. The number of aromatic nitrogens is 3. The third-order valence-corrected chi connectivity index (χ3v) is 4.19. The lowest BCUT2D eigenvalue weighted by Gasteiger charge is -2.20. The molecule has 0 radical (unpaired) electrons. The van der Waals surface area contributed by atoms with Gasteiger partial charge in [-0.15, -0.1) is 0 Å². The Hall–Kier alpha value is -2.44. The van der Waals surface area contributed by atoms with Gasteiger partial charge in [0.2, 0.25) is 0 Å². The molecule has 7 nitrogen and oxygen atoms in total. The predicted octanol–water partition coefficient (Wildman–Crippen LogP) is 2.55. The van der Waals surface area contributed by atoms with Gasteiger partial charge in [-0.1, -0.05) is 20.3 Å². The normalized spacial score (nSPS) is 13.9. The number of carbonyl (C=O) groups is 2. The average molecular weight is 332 g/mol. The van der Waals surface area contributed by atoms with Crippen LogP contribution in [0.3, 0.4) is 0 Å². The smallest absolute Gasteiger partial charge is 0.326 e. The fourth-order valence-electron chi connectivity index (χ4n) is 2.61. The van der Waals surface area contributed by atoms with Crippen LogP contribution in [0, 0.1) is 12.8 Å². The minimum atomic E-state index is -1.03. The highest BCUT2D eigenvalue weighted by molar-refractivity contribution is 6.06. The molecule has 0 fully saturated rings. The Bertz CT molecular complexity index is 767. The molecule has 2 heterocycles. The van der Waals surface area contributed by atoms with Crippen molar-refractivity contribution in [1.82, 2.24) is 20.1 Å². The molecule has 1 amide bonds. The Balaban J connectivity index is 2.44. The third-order valence-electron chi connectivity index (χ3n) is 4.19. The summed E-state index contributed by atoms with van der Waals surface area (Å²) in [5.74, 6) is -1.61. The molecule has 2 N–H and O–H groups in total. The second-order valence-electron chi connectivity index (χ2n) is 6.41. The van der Waals surface area contributed by atoms with Gasteiger partial charge in [-0.25, -0.2) is 14.5 Å². The molecule has 0 aromatic carbocycles. The van der Waals surface area contributed by atoms with Gasteiger partial charge in [0, 0.05) is 11.7 Å². The molecule has 0 saturated carbocycles. The number of nitrogens with one attached hydrogen (secondary N) is 1.